The van der Waals surface area contributed by atoms with E-state index in [0.717, 1.165) is 5.56 Å². The van der Waals surface area contributed by atoms with E-state index in [9.17, 15) is 4.39 Å². The Morgan fingerprint density at radius 3 is 2.75 bits per heavy atom. The van der Waals surface area contributed by atoms with Crippen molar-refractivity contribution in [1.82, 2.24) is 9.78 Å². The van der Waals surface area contributed by atoms with Crippen LogP contribution in [0.5, 0.6) is 0 Å². The van der Waals surface area contributed by atoms with Crippen molar-refractivity contribution in [3.05, 3.63) is 42.0 Å². The molecule has 0 aliphatic heterocycles. The maximum atomic E-state index is 13.1. The predicted molar refractivity (Wildman–Crippen MR) is 58.1 cm³/mol. The molecule has 4 nitrogen and oxygen atoms in total. The van der Waals surface area contributed by atoms with Crippen molar-refractivity contribution in [2.24, 2.45) is 0 Å². The Kier molecular flexibility index (Phi) is 2.76. The van der Waals surface area contributed by atoms with Crippen LogP contribution in [0, 0.1) is 12.7 Å². The van der Waals surface area contributed by atoms with Crippen molar-refractivity contribution in [3.8, 4) is 5.69 Å². The van der Waals surface area contributed by atoms with Gasteiger partial charge >= 0.3 is 7.12 Å². The first-order valence-electron chi connectivity index (χ1n) is 4.75. The molecule has 0 atom stereocenters. The van der Waals surface area contributed by atoms with Crippen LogP contribution in [0.2, 0.25) is 0 Å². The van der Waals surface area contributed by atoms with Crippen molar-refractivity contribution in [2.75, 3.05) is 0 Å². The van der Waals surface area contributed by atoms with Crippen LogP contribution in [0.15, 0.2) is 30.6 Å². The van der Waals surface area contributed by atoms with Gasteiger partial charge in [-0.3, -0.25) is 0 Å². The summed E-state index contributed by atoms with van der Waals surface area (Å²) in [6.07, 6.45) is 2.78. The van der Waals surface area contributed by atoms with Crippen LogP contribution in [0.4, 0.5) is 4.39 Å². The number of nitrogens with zero attached hydrogens (tertiary/aromatic N) is 2. The number of benzene rings is 1. The third-order valence-corrected chi connectivity index (χ3v) is 2.32. The quantitative estimate of drug-likeness (QED) is 0.700. The maximum Gasteiger partial charge on any atom is 0.491 e. The molecular formula is C10H10BFN2O2. The Hall–Kier alpha value is -1.66. The Morgan fingerprint density at radius 2 is 2.12 bits per heavy atom. The summed E-state index contributed by atoms with van der Waals surface area (Å²) in [7, 11) is -1.57. The van der Waals surface area contributed by atoms with Gasteiger partial charge in [0.05, 0.1) is 5.69 Å². The Balaban J connectivity index is 2.46. The fourth-order valence-corrected chi connectivity index (χ4v) is 1.43. The zero-order valence-corrected chi connectivity index (χ0v) is 8.63. The topological polar surface area (TPSA) is 58.3 Å². The summed E-state index contributed by atoms with van der Waals surface area (Å²) >= 11 is 0. The van der Waals surface area contributed by atoms with E-state index >= 15 is 0 Å². The van der Waals surface area contributed by atoms with Crippen LogP contribution in [0.3, 0.4) is 0 Å². The monoisotopic (exact) mass is 220 g/mol. The number of hydrogen-bond acceptors (Lipinski definition) is 3. The Morgan fingerprint density at radius 1 is 1.38 bits per heavy atom. The molecule has 2 N–H and O–H groups in total. The van der Waals surface area contributed by atoms with Gasteiger partial charge in [-0.05, 0) is 24.6 Å². The van der Waals surface area contributed by atoms with Crippen molar-refractivity contribution in [1.29, 1.82) is 0 Å². The summed E-state index contributed by atoms with van der Waals surface area (Å²) in [5.74, 6) is -0.359. The lowest BCUT2D eigenvalue weighted by Gasteiger charge is -2.05. The van der Waals surface area contributed by atoms with Gasteiger partial charge in [-0.2, -0.15) is 5.10 Å². The van der Waals surface area contributed by atoms with Gasteiger partial charge in [-0.1, -0.05) is 6.07 Å². The summed E-state index contributed by atoms with van der Waals surface area (Å²) in [5.41, 5.74) is 1.69. The number of aryl methyl sites for hydroxylation is 1. The molecule has 0 aliphatic carbocycles. The minimum Gasteiger partial charge on any atom is -0.423 e. The van der Waals surface area contributed by atoms with Gasteiger partial charge in [-0.15, -0.1) is 0 Å². The normalized spacial score (nSPS) is 10.5. The molecule has 0 bridgehead atoms. The summed E-state index contributed by atoms with van der Waals surface area (Å²) < 4.78 is 14.5. The smallest absolute Gasteiger partial charge is 0.423 e. The first-order chi connectivity index (χ1) is 7.58. The van der Waals surface area contributed by atoms with E-state index < -0.39 is 7.12 Å². The molecule has 2 rings (SSSR count). The third kappa shape index (κ3) is 1.98. The van der Waals surface area contributed by atoms with Crippen molar-refractivity contribution in [2.45, 2.75) is 6.92 Å². The van der Waals surface area contributed by atoms with E-state index in [1.165, 1.54) is 29.2 Å². The molecule has 0 radical (unpaired) electrons. The first kappa shape index (κ1) is 10.8. The predicted octanol–water partition coefficient (Wildman–Crippen LogP) is -0.000380. The summed E-state index contributed by atoms with van der Waals surface area (Å²) in [5, 5.41) is 21.8. The average Bonchev–Trinajstić information content (AvgIpc) is 2.70. The molecule has 0 amide bonds. The standard InChI is InChI=1S/C10H10BFN2O2/c1-7-2-3-9(12)4-10(7)14-6-8(5-13-14)11(15)16/h2-6,15-16H,1H3. The fraction of sp³-hybridized carbons (Fsp3) is 0.100. The van der Waals surface area contributed by atoms with Gasteiger partial charge < -0.3 is 10.0 Å². The van der Waals surface area contributed by atoms with E-state index in [-0.39, 0.29) is 11.3 Å². The third-order valence-electron chi connectivity index (χ3n) is 2.32. The second-order valence-corrected chi connectivity index (χ2v) is 3.52. The lowest BCUT2D eigenvalue weighted by molar-refractivity contribution is 0.426. The highest BCUT2D eigenvalue weighted by Crippen LogP contribution is 2.13. The van der Waals surface area contributed by atoms with Gasteiger partial charge in [0.1, 0.15) is 5.82 Å². The molecule has 6 heteroatoms. The number of rotatable bonds is 2. The highest BCUT2D eigenvalue weighted by molar-refractivity contribution is 6.58. The van der Waals surface area contributed by atoms with E-state index in [0.29, 0.717) is 5.69 Å². The fourth-order valence-electron chi connectivity index (χ4n) is 1.43. The average molecular weight is 220 g/mol. The van der Waals surface area contributed by atoms with E-state index in [2.05, 4.69) is 5.10 Å². The van der Waals surface area contributed by atoms with E-state index in [4.69, 9.17) is 10.0 Å². The first-order valence-corrected chi connectivity index (χ1v) is 4.75. The van der Waals surface area contributed by atoms with E-state index in [1.807, 2.05) is 6.92 Å². The molecule has 1 aromatic heterocycles. The molecule has 16 heavy (non-hydrogen) atoms. The second-order valence-electron chi connectivity index (χ2n) is 3.52. The zero-order chi connectivity index (χ0) is 11.7. The summed E-state index contributed by atoms with van der Waals surface area (Å²) in [4.78, 5) is 0. The minimum atomic E-state index is -1.57. The van der Waals surface area contributed by atoms with Gasteiger partial charge in [0.15, 0.2) is 0 Å². The molecular weight excluding hydrogens is 210 g/mol. The molecule has 0 unspecified atom stereocenters. The van der Waals surface area contributed by atoms with Crippen molar-refractivity contribution < 1.29 is 14.4 Å². The van der Waals surface area contributed by atoms with Gasteiger partial charge in [0, 0.05) is 17.9 Å². The second kappa shape index (κ2) is 4.07. The highest BCUT2D eigenvalue weighted by atomic mass is 19.1. The van der Waals surface area contributed by atoms with Gasteiger partial charge in [-0.25, -0.2) is 9.07 Å². The lowest BCUT2D eigenvalue weighted by atomic mass is 9.83. The molecule has 0 saturated carbocycles. The molecule has 0 aliphatic rings. The Labute approximate surface area is 92.1 Å². The molecule has 0 fully saturated rings. The lowest BCUT2D eigenvalue weighted by Crippen LogP contribution is -2.28. The molecule has 2 aromatic rings. The van der Waals surface area contributed by atoms with Crippen LogP contribution in [0.25, 0.3) is 5.69 Å². The SMILES string of the molecule is Cc1ccc(F)cc1-n1cc(B(O)O)cn1. The minimum absolute atomic E-state index is 0.267. The van der Waals surface area contributed by atoms with Crippen LogP contribution in [-0.2, 0) is 0 Å². The largest absolute Gasteiger partial charge is 0.491 e. The molecule has 0 spiro atoms. The molecule has 1 heterocycles. The van der Waals surface area contributed by atoms with Gasteiger partial charge in [0.2, 0.25) is 0 Å². The van der Waals surface area contributed by atoms with Crippen LogP contribution in [0.1, 0.15) is 5.56 Å². The zero-order valence-electron chi connectivity index (χ0n) is 8.63. The van der Waals surface area contributed by atoms with Crippen molar-refractivity contribution in [3.63, 3.8) is 0 Å². The van der Waals surface area contributed by atoms with Gasteiger partial charge in [0.25, 0.3) is 0 Å². The molecule has 1 aromatic carbocycles. The van der Waals surface area contributed by atoms with E-state index in [1.54, 1.807) is 6.07 Å². The number of hydrogen-bond donors (Lipinski definition) is 2. The van der Waals surface area contributed by atoms with Crippen LogP contribution >= 0.6 is 0 Å². The van der Waals surface area contributed by atoms with Crippen molar-refractivity contribution >= 4 is 12.6 Å². The molecule has 0 saturated heterocycles. The number of aromatic nitrogens is 2. The maximum absolute atomic E-state index is 13.1. The van der Waals surface area contributed by atoms with Crippen LogP contribution < -0.4 is 5.46 Å². The highest BCUT2D eigenvalue weighted by Gasteiger charge is 2.14. The Bertz CT molecular complexity index is 513. The molecule has 82 valence electrons. The summed E-state index contributed by atoms with van der Waals surface area (Å²) in [6.45, 7) is 1.82. The van der Waals surface area contributed by atoms with Crippen LogP contribution in [-0.4, -0.2) is 26.9 Å². The number of halogens is 1. The summed E-state index contributed by atoms with van der Waals surface area (Å²) in [6, 6.07) is 4.35.